The quantitative estimate of drug-likeness (QED) is 0.465. The predicted octanol–water partition coefficient (Wildman–Crippen LogP) is 5.34. The van der Waals surface area contributed by atoms with Gasteiger partial charge in [-0.3, -0.25) is 4.79 Å². The van der Waals surface area contributed by atoms with E-state index >= 15 is 0 Å². The number of carbonyl (C=O) groups is 1. The number of halogens is 2. The van der Waals surface area contributed by atoms with Gasteiger partial charge in [-0.15, -0.1) is 0 Å². The highest BCUT2D eigenvalue weighted by Gasteiger charge is 2.16. The number of nitrogens with zero attached hydrogens (tertiary/aromatic N) is 3. The Morgan fingerprint density at radius 3 is 2.57 bits per heavy atom. The molecule has 1 amide bonds. The molecule has 1 heterocycles. The summed E-state index contributed by atoms with van der Waals surface area (Å²) in [6, 6.07) is 16.3. The predicted molar refractivity (Wildman–Crippen MR) is 112 cm³/mol. The Morgan fingerprint density at radius 2 is 1.89 bits per heavy atom. The third kappa shape index (κ3) is 4.09. The monoisotopic (exact) mass is 410 g/mol. The van der Waals surface area contributed by atoms with Gasteiger partial charge in [0.25, 0.3) is 5.91 Å². The first-order chi connectivity index (χ1) is 13.4. The summed E-state index contributed by atoms with van der Waals surface area (Å²) < 4.78 is 1.78. The van der Waals surface area contributed by atoms with Gasteiger partial charge in [0.15, 0.2) is 0 Å². The van der Waals surface area contributed by atoms with Gasteiger partial charge in [0.05, 0.1) is 22.1 Å². The van der Waals surface area contributed by atoms with Crippen molar-refractivity contribution in [3.8, 4) is 11.8 Å². The van der Waals surface area contributed by atoms with Crippen LogP contribution >= 0.6 is 23.2 Å². The van der Waals surface area contributed by atoms with E-state index in [1.165, 1.54) is 12.1 Å². The molecule has 0 saturated carbocycles. The smallest absolute Gasteiger partial charge is 0.266 e. The fourth-order valence-electron chi connectivity index (χ4n) is 2.76. The standard InChI is InChI=1S/C21H16Cl2N4O/c1-13-18(14(2)27(26-13)17-6-4-3-5-7-17)10-15(12-24)21(28)25-20-11-16(22)8-9-19(20)23/h3-11H,1-2H3,(H,25,28)/b15-10+. The normalized spacial score (nSPS) is 11.2. The number of anilines is 1. The van der Waals surface area contributed by atoms with E-state index in [2.05, 4.69) is 10.4 Å². The molecular formula is C21H16Cl2N4O. The number of nitrogens with one attached hydrogen (secondary N) is 1. The number of benzene rings is 2. The third-order valence-electron chi connectivity index (χ3n) is 4.18. The zero-order valence-corrected chi connectivity index (χ0v) is 16.7. The number of nitriles is 1. The summed E-state index contributed by atoms with van der Waals surface area (Å²) in [6.45, 7) is 3.72. The van der Waals surface area contributed by atoms with Crippen molar-refractivity contribution in [2.75, 3.05) is 5.32 Å². The Bertz CT molecular complexity index is 1110. The molecule has 0 unspecified atom stereocenters. The van der Waals surface area contributed by atoms with E-state index in [1.807, 2.05) is 50.2 Å². The number of hydrogen-bond acceptors (Lipinski definition) is 3. The molecule has 0 saturated heterocycles. The maximum absolute atomic E-state index is 12.6. The molecule has 140 valence electrons. The van der Waals surface area contributed by atoms with Crippen molar-refractivity contribution in [2.45, 2.75) is 13.8 Å². The molecule has 0 bridgehead atoms. The number of hydrogen-bond donors (Lipinski definition) is 1. The Labute approximate surface area is 172 Å². The second kappa shape index (κ2) is 8.30. The molecule has 0 aliphatic carbocycles. The van der Waals surface area contributed by atoms with Crippen LogP contribution in [0, 0.1) is 25.2 Å². The first-order valence-corrected chi connectivity index (χ1v) is 9.16. The zero-order chi connectivity index (χ0) is 20.3. The van der Waals surface area contributed by atoms with Crippen LogP contribution in [0.5, 0.6) is 0 Å². The summed E-state index contributed by atoms with van der Waals surface area (Å²) in [5.74, 6) is -0.571. The Morgan fingerprint density at radius 1 is 1.18 bits per heavy atom. The highest BCUT2D eigenvalue weighted by molar-refractivity contribution is 6.36. The van der Waals surface area contributed by atoms with Crippen LogP contribution in [0.25, 0.3) is 11.8 Å². The van der Waals surface area contributed by atoms with Crippen molar-refractivity contribution in [3.05, 3.63) is 81.1 Å². The van der Waals surface area contributed by atoms with E-state index in [9.17, 15) is 10.1 Å². The number of amides is 1. The van der Waals surface area contributed by atoms with Gasteiger partial charge >= 0.3 is 0 Å². The minimum absolute atomic E-state index is 0.0603. The molecule has 28 heavy (non-hydrogen) atoms. The van der Waals surface area contributed by atoms with Crippen LogP contribution in [0.4, 0.5) is 5.69 Å². The Balaban J connectivity index is 1.95. The lowest BCUT2D eigenvalue weighted by Crippen LogP contribution is -2.14. The average Bonchev–Trinajstić information content (AvgIpc) is 2.97. The lowest BCUT2D eigenvalue weighted by Gasteiger charge is -2.07. The van der Waals surface area contributed by atoms with Crippen molar-refractivity contribution >= 4 is 40.9 Å². The van der Waals surface area contributed by atoms with Gasteiger partial charge in [-0.25, -0.2) is 4.68 Å². The summed E-state index contributed by atoms with van der Waals surface area (Å²) in [5, 5.41) is 17.4. The minimum atomic E-state index is -0.571. The molecule has 0 radical (unpaired) electrons. The summed E-state index contributed by atoms with van der Waals surface area (Å²) in [5.41, 5.74) is 3.43. The molecule has 0 atom stereocenters. The molecular weight excluding hydrogens is 395 g/mol. The number of para-hydroxylation sites is 1. The van der Waals surface area contributed by atoms with Gasteiger partial charge in [0.1, 0.15) is 11.6 Å². The molecule has 1 N–H and O–H groups in total. The summed E-state index contributed by atoms with van der Waals surface area (Å²) in [6.07, 6.45) is 1.53. The lowest BCUT2D eigenvalue weighted by molar-refractivity contribution is -0.112. The van der Waals surface area contributed by atoms with Gasteiger partial charge < -0.3 is 5.32 Å². The molecule has 0 fully saturated rings. The number of aryl methyl sites for hydroxylation is 1. The van der Waals surface area contributed by atoms with Gasteiger partial charge in [-0.1, -0.05) is 41.4 Å². The summed E-state index contributed by atoms with van der Waals surface area (Å²) in [7, 11) is 0. The summed E-state index contributed by atoms with van der Waals surface area (Å²) in [4.78, 5) is 12.6. The van der Waals surface area contributed by atoms with Gasteiger partial charge in [-0.2, -0.15) is 10.4 Å². The molecule has 3 rings (SSSR count). The van der Waals surface area contributed by atoms with E-state index in [-0.39, 0.29) is 5.57 Å². The van der Waals surface area contributed by atoms with Crippen LogP contribution in [0.15, 0.2) is 54.1 Å². The van der Waals surface area contributed by atoms with Crippen molar-refractivity contribution in [2.24, 2.45) is 0 Å². The highest BCUT2D eigenvalue weighted by Crippen LogP contribution is 2.26. The first kappa shape index (κ1) is 19.7. The van der Waals surface area contributed by atoms with Crippen LogP contribution < -0.4 is 5.32 Å². The Hall–Kier alpha value is -3.07. The fourth-order valence-corrected chi connectivity index (χ4v) is 3.10. The largest absolute Gasteiger partial charge is 0.320 e. The molecule has 5 nitrogen and oxygen atoms in total. The fraction of sp³-hybridized carbons (Fsp3) is 0.0952. The average molecular weight is 411 g/mol. The first-order valence-electron chi connectivity index (χ1n) is 8.40. The molecule has 3 aromatic rings. The lowest BCUT2D eigenvalue weighted by atomic mass is 10.1. The van der Waals surface area contributed by atoms with Crippen LogP contribution in [-0.2, 0) is 4.79 Å². The Kier molecular flexibility index (Phi) is 5.84. The maximum atomic E-state index is 12.6. The van der Waals surface area contributed by atoms with Crippen molar-refractivity contribution in [3.63, 3.8) is 0 Å². The molecule has 0 spiro atoms. The minimum Gasteiger partial charge on any atom is -0.320 e. The van der Waals surface area contributed by atoms with Gasteiger partial charge in [0, 0.05) is 16.3 Å². The molecule has 0 aliphatic heterocycles. The second-order valence-electron chi connectivity index (χ2n) is 6.08. The van der Waals surface area contributed by atoms with E-state index in [0.717, 1.165) is 11.4 Å². The summed E-state index contributed by atoms with van der Waals surface area (Å²) >= 11 is 12.0. The maximum Gasteiger partial charge on any atom is 0.266 e. The number of rotatable bonds is 4. The van der Waals surface area contributed by atoms with Gasteiger partial charge in [0.2, 0.25) is 0 Å². The van der Waals surface area contributed by atoms with Crippen molar-refractivity contribution in [1.29, 1.82) is 5.26 Å². The topological polar surface area (TPSA) is 70.7 Å². The van der Waals surface area contributed by atoms with Crippen LogP contribution in [-0.4, -0.2) is 15.7 Å². The van der Waals surface area contributed by atoms with E-state index in [4.69, 9.17) is 23.2 Å². The third-order valence-corrected chi connectivity index (χ3v) is 4.74. The number of aromatic nitrogens is 2. The highest BCUT2D eigenvalue weighted by atomic mass is 35.5. The zero-order valence-electron chi connectivity index (χ0n) is 15.2. The molecule has 1 aromatic heterocycles. The van der Waals surface area contributed by atoms with Crippen LogP contribution in [0.1, 0.15) is 17.0 Å². The van der Waals surface area contributed by atoms with Crippen molar-refractivity contribution in [1.82, 2.24) is 9.78 Å². The molecule has 7 heteroatoms. The van der Waals surface area contributed by atoms with E-state index < -0.39 is 5.91 Å². The second-order valence-corrected chi connectivity index (χ2v) is 6.92. The van der Waals surface area contributed by atoms with Crippen LogP contribution in [0.2, 0.25) is 10.0 Å². The SMILES string of the molecule is Cc1nn(-c2ccccc2)c(C)c1/C=C(\C#N)C(=O)Nc1cc(Cl)ccc1Cl. The van der Waals surface area contributed by atoms with Crippen molar-refractivity contribution < 1.29 is 4.79 Å². The van der Waals surface area contributed by atoms with E-state index in [1.54, 1.807) is 16.8 Å². The number of carbonyl (C=O) groups excluding carboxylic acids is 1. The van der Waals surface area contributed by atoms with E-state index in [0.29, 0.717) is 27.0 Å². The van der Waals surface area contributed by atoms with Crippen LogP contribution in [0.3, 0.4) is 0 Å². The van der Waals surface area contributed by atoms with Gasteiger partial charge in [-0.05, 0) is 50.3 Å². The molecule has 0 aliphatic rings. The molecule has 2 aromatic carbocycles.